The van der Waals surface area contributed by atoms with Gasteiger partial charge in [-0.05, 0) is 6.07 Å². The van der Waals surface area contributed by atoms with Crippen LogP contribution in [0, 0.1) is 0 Å². The number of rotatable bonds is 2. The van der Waals surface area contributed by atoms with E-state index >= 15 is 0 Å². The minimum absolute atomic E-state index is 0.0352. The summed E-state index contributed by atoms with van der Waals surface area (Å²) < 4.78 is 20.4. The number of hydrogen-bond donors (Lipinski definition) is 4. The Bertz CT molecular complexity index is 535. The Labute approximate surface area is 98.7 Å². The van der Waals surface area contributed by atoms with Crippen molar-refractivity contribution in [1.82, 2.24) is 9.55 Å². The van der Waals surface area contributed by atoms with Gasteiger partial charge in [-0.1, -0.05) is 0 Å². The van der Waals surface area contributed by atoms with Gasteiger partial charge in [0.15, 0.2) is 6.23 Å². The zero-order valence-electron chi connectivity index (χ0n) is 10.6. The van der Waals surface area contributed by atoms with E-state index in [4.69, 9.17) is 18.3 Å². The first-order valence-corrected chi connectivity index (χ1v) is 4.76. The monoisotopic (exact) mass is 245 g/mol. The molecule has 2 heterocycles. The molecule has 0 radical (unpaired) electrons. The van der Waals surface area contributed by atoms with Crippen molar-refractivity contribution in [3.63, 3.8) is 0 Å². The molecule has 1 unspecified atom stereocenters. The molecule has 0 saturated carbocycles. The van der Waals surface area contributed by atoms with Gasteiger partial charge in [0.2, 0.25) is 0 Å². The molecule has 1 aromatic rings. The summed E-state index contributed by atoms with van der Waals surface area (Å²) >= 11 is 0. The third-order valence-corrected chi connectivity index (χ3v) is 2.41. The Balaban J connectivity index is 2.39. The van der Waals surface area contributed by atoms with Gasteiger partial charge >= 0.3 is 5.69 Å². The third-order valence-electron chi connectivity index (χ3n) is 2.41. The van der Waals surface area contributed by atoms with Gasteiger partial charge in [-0.15, -0.1) is 0 Å². The summed E-state index contributed by atoms with van der Waals surface area (Å²) in [5.74, 6) is -0.0352. The fourth-order valence-electron chi connectivity index (χ4n) is 1.56. The topological polar surface area (TPSA) is 131 Å². The van der Waals surface area contributed by atoms with Crippen LogP contribution in [0.15, 0.2) is 17.1 Å². The van der Waals surface area contributed by atoms with Crippen molar-refractivity contribution in [2.45, 2.75) is 24.5 Å². The zero-order valence-corrected chi connectivity index (χ0v) is 8.59. The van der Waals surface area contributed by atoms with Crippen molar-refractivity contribution in [3.05, 3.63) is 22.7 Å². The molecule has 1 saturated heterocycles. The van der Waals surface area contributed by atoms with Crippen molar-refractivity contribution in [2.24, 2.45) is 0 Å². The number of hydrogen-bond acceptors (Lipinski definition) is 7. The number of anilines is 1. The van der Waals surface area contributed by atoms with Crippen molar-refractivity contribution in [3.8, 4) is 0 Å². The minimum atomic E-state index is -2.62. The molecule has 0 bridgehead atoms. The fourth-order valence-corrected chi connectivity index (χ4v) is 1.56. The lowest BCUT2D eigenvalue weighted by Crippen LogP contribution is -2.36. The number of nitrogens with zero attached hydrogens (tertiary/aromatic N) is 2. The van der Waals surface area contributed by atoms with Crippen molar-refractivity contribution < 1.29 is 22.8 Å². The van der Waals surface area contributed by atoms with Gasteiger partial charge in [-0.3, -0.25) is 4.57 Å². The maximum atomic E-state index is 11.6. The van der Waals surface area contributed by atoms with Crippen LogP contribution in [-0.2, 0) is 4.74 Å². The minimum Gasteiger partial charge on any atom is -0.394 e. The molecular weight excluding hydrogens is 230 g/mol. The molecule has 8 nitrogen and oxygen atoms in total. The standard InChI is InChI=1S/C9H13N3O5/c10-5-1-2-12(9(16)11-5)8-7(15)6(14)4(3-13)17-8/h1-2,4,6-8,13-15H,3H2,(H2,10,11,16)/t4-,6-,7-,8-/m1/s1/i3D,6D/t3?,4-,6-,7-,8-. The maximum absolute atomic E-state index is 11.6. The summed E-state index contributed by atoms with van der Waals surface area (Å²) in [5, 5.41) is 28.6. The van der Waals surface area contributed by atoms with Crippen LogP contribution in [0.25, 0.3) is 0 Å². The summed E-state index contributed by atoms with van der Waals surface area (Å²) in [6.07, 6.45) is -6.40. The SMILES string of the molecule is [2H]C(O)[C@H]1O[C@@H](n2ccc(N)nc2=O)[C@H](O)[C@]1([2H])O. The van der Waals surface area contributed by atoms with Crippen molar-refractivity contribution in [2.75, 3.05) is 12.3 Å². The van der Waals surface area contributed by atoms with E-state index in [0.717, 1.165) is 4.57 Å². The van der Waals surface area contributed by atoms with Gasteiger partial charge < -0.3 is 25.8 Å². The van der Waals surface area contributed by atoms with Crippen LogP contribution in [0.4, 0.5) is 5.82 Å². The van der Waals surface area contributed by atoms with E-state index < -0.39 is 36.8 Å². The Kier molecular flexibility index (Phi) is 2.48. The average Bonchev–Trinajstić information content (AvgIpc) is 2.52. The molecule has 0 spiro atoms. The second kappa shape index (κ2) is 4.41. The van der Waals surface area contributed by atoms with Crippen LogP contribution in [-0.4, -0.2) is 49.7 Å². The Morgan fingerprint density at radius 1 is 1.71 bits per heavy atom. The summed E-state index contributed by atoms with van der Waals surface area (Å²) in [7, 11) is 0. The molecule has 2 rings (SSSR count). The van der Waals surface area contributed by atoms with E-state index in [-0.39, 0.29) is 5.82 Å². The molecule has 1 fully saturated rings. The predicted molar refractivity (Wildman–Crippen MR) is 55.9 cm³/mol. The highest BCUT2D eigenvalue weighted by atomic mass is 16.6. The number of ether oxygens (including phenoxy) is 1. The summed E-state index contributed by atoms with van der Waals surface area (Å²) in [6, 6.07) is 1.27. The van der Waals surface area contributed by atoms with Crippen LogP contribution >= 0.6 is 0 Å². The first-order chi connectivity index (χ1) is 8.75. The van der Waals surface area contributed by atoms with E-state index in [1.54, 1.807) is 0 Å². The van der Waals surface area contributed by atoms with Crippen LogP contribution in [0.1, 0.15) is 8.97 Å². The molecule has 94 valence electrons. The fraction of sp³-hybridized carbons (Fsp3) is 0.556. The second-order valence-electron chi connectivity index (χ2n) is 3.51. The van der Waals surface area contributed by atoms with Gasteiger partial charge in [-0.25, -0.2) is 4.79 Å². The molecule has 0 aliphatic carbocycles. The summed E-state index contributed by atoms with van der Waals surface area (Å²) in [4.78, 5) is 15.0. The van der Waals surface area contributed by atoms with Crippen molar-refractivity contribution in [1.29, 1.82) is 0 Å². The van der Waals surface area contributed by atoms with E-state index in [2.05, 4.69) is 4.98 Å². The highest BCUT2D eigenvalue weighted by Gasteiger charge is 2.43. The molecule has 8 heteroatoms. The molecule has 1 aliphatic rings. The first kappa shape index (κ1) is 9.54. The molecule has 0 aromatic carbocycles. The lowest BCUT2D eigenvalue weighted by Gasteiger charge is -2.16. The number of nitrogens with two attached hydrogens (primary N) is 1. The number of aromatic nitrogens is 2. The highest BCUT2D eigenvalue weighted by Crippen LogP contribution is 2.27. The van der Waals surface area contributed by atoms with Gasteiger partial charge in [0.25, 0.3) is 0 Å². The van der Waals surface area contributed by atoms with Crippen LogP contribution in [0.3, 0.4) is 0 Å². The van der Waals surface area contributed by atoms with Crippen LogP contribution < -0.4 is 11.4 Å². The molecule has 5 N–H and O–H groups in total. The molecule has 1 aliphatic heterocycles. The van der Waals surface area contributed by atoms with E-state index in [9.17, 15) is 15.0 Å². The maximum Gasteiger partial charge on any atom is 0.351 e. The Morgan fingerprint density at radius 3 is 2.94 bits per heavy atom. The van der Waals surface area contributed by atoms with Crippen LogP contribution in [0.5, 0.6) is 0 Å². The van der Waals surface area contributed by atoms with Crippen LogP contribution in [0.2, 0.25) is 0 Å². The smallest absolute Gasteiger partial charge is 0.351 e. The normalized spacial score (nSPS) is 40.8. The van der Waals surface area contributed by atoms with Gasteiger partial charge in [0, 0.05) is 6.20 Å². The van der Waals surface area contributed by atoms with Gasteiger partial charge in [0.05, 0.1) is 9.32 Å². The molecule has 1 aromatic heterocycles. The van der Waals surface area contributed by atoms with Gasteiger partial charge in [0.1, 0.15) is 24.1 Å². The van der Waals surface area contributed by atoms with E-state index in [1.807, 2.05) is 0 Å². The molecule has 0 amide bonds. The van der Waals surface area contributed by atoms with Crippen molar-refractivity contribution >= 4 is 5.82 Å². The van der Waals surface area contributed by atoms with E-state index in [1.165, 1.54) is 12.3 Å². The second-order valence-corrected chi connectivity index (χ2v) is 3.51. The number of aliphatic hydroxyl groups is 3. The highest BCUT2D eigenvalue weighted by molar-refractivity contribution is 5.23. The Morgan fingerprint density at radius 2 is 2.41 bits per heavy atom. The Hall–Kier alpha value is -1.48. The third kappa shape index (κ3) is 2.03. The molecule has 5 atom stereocenters. The average molecular weight is 245 g/mol. The molecular formula is C9H13N3O5. The first-order valence-electron chi connectivity index (χ1n) is 5.83. The lowest BCUT2D eigenvalue weighted by molar-refractivity contribution is -0.0549. The molecule has 17 heavy (non-hydrogen) atoms. The summed E-state index contributed by atoms with van der Waals surface area (Å²) in [6.45, 7) is -1.94. The summed E-state index contributed by atoms with van der Waals surface area (Å²) in [5.41, 5.74) is 4.46. The zero-order chi connectivity index (χ0) is 14.4. The predicted octanol–water partition coefficient (Wildman–Crippen LogP) is -2.56. The lowest BCUT2D eigenvalue weighted by atomic mass is 10.1. The number of aliphatic hydroxyl groups excluding tert-OH is 2. The quantitative estimate of drug-likeness (QED) is 0.450. The van der Waals surface area contributed by atoms with E-state index in [0.29, 0.717) is 0 Å². The largest absolute Gasteiger partial charge is 0.394 e. The van der Waals surface area contributed by atoms with Gasteiger partial charge in [-0.2, -0.15) is 4.98 Å². The number of nitrogen functional groups attached to an aromatic ring is 1.